The van der Waals surface area contributed by atoms with Gasteiger partial charge in [0.2, 0.25) is 0 Å². The number of amides is 2. The fourth-order valence-electron chi connectivity index (χ4n) is 7.25. The fraction of sp³-hybridized carbons (Fsp3) is 0.605. The molecule has 5 rings (SSSR count). The van der Waals surface area contributed by atoms with E-state index in [1.807, 2.05) is 80.3 Å². The molecule has 0 bridgehead atoms. The number of likely N-dealkylation sites (tertiary alicyclic amines) is 2. The highest BCUT2D eigenvalue weighted by molar-refractivity contribution is 5.97. The Bertz CT molecular complexity index is 1270. The molecule has 7 nitrogen and oxygen atoms in total. The van der Waals surface area contributed by atoms with E-state index in [-0.39, 0.29) is 24.0 Å². The zero-order valence-corrected chi connectivity index (χ0v) is 27.7. The lowest BCUT2D eigenvalue weighted by Crippen LogP contribution is -2.50. The first-order valence-corrected chi connectivity index (χ1v) is 17.2. The van der Waals surface area contributed by atoms with Gasteiger partial charge < -0.3 is 19.3 Å². The van der Waals surface area contributed by atoms with Gasteiger partial charge in [-0.15, -0.1) is 0 Å². The van der Waals surface area contributed by atoms with Crippen LogP contribution in [0.4, 0.5) is 4.79 Å². The van der Waals surface area contributed by atoms with Crippen LogP contribution in [0, 0.1) is 23.7 Å². The van der Waals surface area contributed by atoms with Crippen molar-refractivity contribution in [2.75, 3.05) is 26.2 Å². The number of hydrogen-bond donors (Lipinski definition) is 0. The van der Waals surface area contributed by atoms with Crippen LogP contribution in [0.15, 0.2) is 54.6 Å². The summed E-state index contributed by atoms with van der Waals surface area (Å²) in [6.45, 7) is 10.5. The third-order valence-electron chi connectivity index (χ3n) is 9.98. The summed E-state index contributed by atoms with van der Waals surface area (Å²) in [5.74, 6) is 3.03. The minimum Gasteiger partial charge on any atom is -0.489 e. The van der Waals surface area contributed by atoms with Crippen molar-refractivity contribution in [1.29, 1.82) is 0 Å². The van der Waals surface area contributed by atoms with Crippen LogP contribution in [0.3, 0.4) is 0 Å². The van der Waals surface area contributed by atoms with Crippen LogP contribution < -0.4 is 4.74 Å². The van der Waals surface area contributed by atoms with Crippen LogP contribution in [0.1, 0.15) is 106 Å². The topological polar surface area (TPSA) is 76.2 Å². The summed E-state index contributed by atoms with van der Waals surface area (Å²) in [6, 6.07) is 17.2. The molecule has 2 aliphatic heterocycles. The summed E-state index contributed by atoms with van der Waals surface area (Å²) >= 11 is 0. The second-order valence-corrected chi connectivity index (χ2v) is 14.6. The lowest BCUT2D eigenvalue weighted by molar-refractivity contribution is 0.0275. The van der Waals surface area contributed by atoms with E-state index in [9.17, 15) is 14.4 Å². The van der Waals surface area contributed by atoms with E-state index in [0.717, 1.165) is 43.8 Å². The zero-order chi connectivity index (χ0) is 32.0. The number of hydrogen-bond acceptors (Lipinski definition) is 5. The van der Waals surface area contributed by atoms with E-state index in [4.69, 9.17) is 9.47 Å². The number of Topliss-reactive ketones (excluding diaryl/α,β-unsaturated/α-hetero) is 1. The second-order valence-electron chi connectivity index (χ2n) is 14.6. The van der Waals surface area contributed by atoms with Crippen LogP contribution in [0.5, 0.6) is 5.75 Å². The van der Waals surface area contributed by atoms with E-state index >= 15 is 0 Å². The molecule has 0 aromatic heterocycles. The minimum atomic E-state index is -0.514. The summed E-state index contributed by atoms with van der Waals surface area (Å²) in [5, 5.41) is 0. The van der Waals surface area contributed by atoms with Gasteiger partial charge >= 0.3 is 6.09 Å². The van der Waals surface area contributed by atoms with Gasteiger partial charge in [0, 0.05) is 43.1 Å². The molecule has 3 fully saturated rings. The molecular formula is C38H52N2O5. The Kier molecular flexibility index (Phi) is 10.9. The van der Waals surface area contributed by atoms with Crippen molar-refractivity contribution in [3.8, 4) is 5.75 Å². The molecule has 2 heterocycles. The van der Waals surface area contributed by atoms with Crippen molar-refractivity contribution in [1.82, 2.24) is 9.80 Å². The number of rotatable bonds is 9. The highest BCUT2D eigenvalue weighted by atomic mass is 16.6. The number of carbonyl (C=O) groups excluding carboxylic acids is 3. The minimum absolute atomic E-state index is 0.0816. The molecule has 2 aromatic rings. The SMILES string of the molecule is CC(C(=O)c1ccccc1)C1CCCC(CCC2CN(C(=O)c3ccc(OC4CCN(C(=O)OC(C)(C)C)C4)cc3)C2)CCC1. The molecule has 1 saturated carbocycles. The van der Waals surface area contributed by atoms with Crippen molar-refractivity contribution >= 4 is 17.8 Å². The van der Waals surface area contributed by atoms with E-state index in [1.165, 1.54) is 38.5 Å². The smallest absolute Gasteiger partial charge is 0.410 e. The first-order valence-electron chi connectivity index (χ1n) is 17.2. The predicted molar refractivity (Wildman–Crippen MR) is 177 cm³/mol. The molecule has 2 aromatic carbocycles. The molecule has 3 aliphatic rings. The first kappa shape index (κ1) is 33.0. The quantitative estimate of drug-likeness (QED) is 0.267. The number of ketones is 1. The fourth-order valence-corrected chi connectivity index (χ4v) is 7.25. The molecule has 2 amide bonds. The highest BCUT2D eigenvalue weighted by Gasteiger charge is 2.33. The van der Waals surface area contributed by atoms with Crippen molar-refractivity contribution < 1.29 is 23.9 Å². The summed E-state index contributed by atoms with van der Waals surface area (Å²) in [4.78, 5) is 42.0. The van der Waals surface area contributed by atoms with Crippen molar-refractivity contribution in [2.45, 2.75) is 97.2 Å². The Hall–Kier alpha value is -3.35. The van der Waals surface area contributed by atoms with Crippen molar-refractivity contribution in [2.24, 2.45) is 23.7 Å². The van der Waals surface area contributed by atoms with Gasteiger partial charge in [-0.3, -0.25) is 9.59 Å². The van der Waals surface area contributed by atoms with Crippen LogP contribution >= 0.6 is 0 Å². The predicted octanol–water partition coefficient (Wildman–Crippen LogP) is 8.03. The van der Waals surface area contributed by atoms with Gasteiger partial charge in [0.05, 0.1) is 6.54 Å². The second kappa shape index (κ2) is 14.8. The zero-order valence-electron chi connectivity index (χ0n) is 27.7. The van der Waals surface area contributed by atoms with Crippen molar-refractivity contribution in [3.05, 3.63) is 65.7 Å². The molecule has 2 atom stereocenters. The third kappa shape index (κ3) is 9.11. The van der Waals surface area contributed by atoms with Gasteiger partial charge in [-0.2, -0.15) is 0 Å². The number of carbonyl (C=O) groups is 3. The monoisotopic (exact) mass is 616 g/mol. The molecule has 0 spiro atoms. The highest BCUT2D eigenvalue weighted by Crippen LogP contribution is 2.35. The first-order chi connectivity index (χ1) is 21.6. The number of benzene rings is 2. The molecule has 1 aliphatic carbocycles. The molecule has 0 radical (unpaired) electrons. The van der Waals surface area contributed by atoms with Gasteiger partial charge in [0.1, 0.15) is 17.5 Å². The molecule has 244 valence electrons. The van der Waals surface area contributed by atoms with Crippen molar-refractivity contribution in [3.63, 3.8) is 0 Å². The Morgan fingerprint density at radius 1 is 0.778 bits per heavy atom. The maximum Gasteiger partial charge on any atom is 0.410 e. The molecular weight excluding hydrogens is 564 g/mol. The normalized spacial score (nSPS) is 23.4. The average Bonchev–Trinajstić information content (AvgIpc) is 3.45. The Morgan fingerprint density at radius 3 is 2.07 bits per heavy atom. The van der Waals surface area contributed by atoms with Gasteiger partial charge in [-0.25, -0.2) is 4.79 Å². The summed E-state index contributed by atoms with van der Waals surface area (Å²) < 4.78 is 11.6. The lowest BCUT2D eigenvalue weighted by Gasteiger charge is -2.40. The van der Waals surface area contributed by atoms with Gasteiger partial charge in [0.25, 0.3) is 5.91 Å². The molecule has 2 unspecified atom stereocenters. The molecule has 0 N–H and O–H groups in total. The Balaban J connectivity index is 0.982. The molecule has 7 heteroatoms. The van der Waals surface area contributed by atoms with Gasteiger partial charge in [0.15, 0.2) is 5.78 Å². The third-order valence-corrected chi connectivity index (χ3v) is 9.98. The van der Waals surface area contributed by atoms with Crippen LogP contribution in [-0.2, 0) is 4.74 Å². The van der Waals surface area contributed by atoms with Crippen LogP contribution in [-0.4, -0.2) is 65.5 Å². The number of nitrogens with zero attached hydrogens (tertiary/aromatic N) is 2. The van der Waals surface area contributed by atoms with Gasteiger partial charge in [-0.05, 0) is 82.1 Å². The summed E-state index contributed by atoms with van der Waals surface area (Å²) in [5.41, 5.74) is 1.02. The molecule has 2 saturated heterocycles. The molecule has 45 heavy (non-hydrogen) atoms. The van der Waals surface area contributed by atoms with Gasteiger partial charge in [-0.1, -0.05) is 69.4 Å². The van der Waals surface area contributed by atoms with E-state index in [0.29, 0.717) is 42.0 Å². The maximum absolute atomic E-state index is 13.1. The van der Waals surface area contributed by atoms with Crippen LogP contribution in [0.25, 0.3) is 0 Å². The largest absolute Gasteiger partial charge is 0.489 e. The van der Waals surface area contributed by atoms with E-state index in [1.54, 1.807) is 4.90 Å². The van der Waals surface area contributed by atoms with Crippen LogP contribution in [0.2, 0.25) is 0 Å². The number of ether oxygens (including phenoxy) is 2. The Labute approximate surface area is 269 Å². The van der Waals surface area contributed by atoms with E-state index < -0.39 is 5.60 Å². The Morgan fingerprint density at radius 2 is 1.42 bits per heavy atom. The maximum atomic E-state index is 13.1. The summed E-state index contributed by atoms with van der Waals surface area (Å²) in [7, 11) is 0. The summed E-state index contributed by atoms with van der Waals surface area (Å²) in [6.07, 6.45) is 10.0. The standard InChI is InChI=1S/C38H52N2O5/c1-27(35(41)31-12-6-5-7-13-31)30-14-8-10-28(11-9-15-30)16-17-29-24-40(25-29)36(42)32-18-20-33(21-19-32)44-34-22-23-39(26-34)37(43)45-38(2,3)4/h5-7,12-13,18-21,27-30,34H,8-11,14-17,22-26H2,1-4H3. The van der Waals surface area contributed by atoms with E-state index in [2.05, 4.69) is 6.92 Å². The lowest BCUT2D eigenvalue weighted by atomic mass is 9.76. The average molecular weight is 617 g/mol.